The smallest absolute Gasteiger partial charge is 0.316 e. The van der Waals surface area contributed by atoms with Gasteiger partial charge in [-0.05, 0) is 77.0 Å². The van der Waals surface area contributed by atoms with E-state index in [1.807, 2.05) is 20.8 Å². The molecule has 3 unspecified atom stereocenters. The Morgan fingerprint density at radius 3 is 2.32 bits per heavy atom. The maximum Gasteiger partial charge on any atom is 0.316 e. The Kier molecular flexibility index (Phi) is 5.96. The fourth-order valence-corrected chi connectivity index (χ4v) is 5.04. The maximum absolute atomic E-state index is 13.2. The lowest BCUT2D eigenvalue weighted by Crippen LogP contribution is -2.49. The molecule has 0 bridgehead atoms. The third-order valence-electron chi connectivity index (χ3n) is 7.03. The Bertz CT molecular complexity index is 652. The van der Waals surface area contributed by atoms with E-state index in [4.69, 9.17) is 9.47 Å². The van der Waals surface area contributed by atoms with E-state index in [1.54, 1.807) is 7.11 Å². The van der Waals surface area contributed by atoms with Crippen LogP contribution < -0.4 is 5.32 Å². The monoisotopic (exact) mass is 391 g/mol. The highest BCUT2D eigenvalue weighted by molar-refractivity contribution is 5.99. The molecule has 1 N–H and O–H groups in total. The zero-order chi connectivity index (χ0) is 20.7. The van der Waals surface area contributed by atoms with E-state index in [1.165, 1.54) is 6.42 Å². The summed E-state index contributed by atoms with van der Waals surface area (Å²) in [6.07, 6.45) is 6.73. The normalized spacial score (nSPS) is 36.6. The first-order valence-corrected chi connectivity index (χ1v) is 10.9. The van der Waals surface area contributed by atoms with Gasteiger partial charge in [0.05, 0.1) is 22.6 Å². The van der Waals surface area contributed by atoms with Crippen molar-refractivity contribution in [2.24, 2.45) is 23.2 Å². The molecule has 2 saturated carbocycles. The lowest BCUT2D eigenvalue weighted by Gasteiger charge is -2.39. The average Bonchev–Trinajstić information content (AvgIpc) is 2.88. The second-order valence-electron chi connectivity index (χ2n) is 10.4. The Balaban J connectivity index is 2.01. The van der Waals surface area contributed by atoms with Gasteiger partial charge in [0, 0.05) is 7.11 Å². The van der Waals surface area contributed by atoms with Crippen molar-refractivity contribution in [1.29, 1.82) is 0 Å². The lowest BCUT2D eigenvalue weighted by molar-refractivity contribution is -0.150. The van der Waals surface area contributed by atoms with Crippen molar-refractivity contribution >= 4 is 11.9 Å². The molecule has 3 aliphatic rings. The van der Waals surface area contributed by atoms with E-state index in [9.17, 15) is 9.59 Å². The molecular weight excluding hydrogens is 354 g/mol. The maximum atomic E-state index is 13.2. The summed E-state index contributed by atoms with van der Waals surface area (Å²) < 4.78 is 11.6. The van der Waals surface area contributed by atoms with E-state index in [-0.39, 0.29) is 23.9 Å². The SMILES string of the molecule is COC1CCC2(CC1)NC(=O)C(C1CC(C)CCC1C)=C2OC(=O)C(C)(C)C. The molecule has 0 radical (unpaired) electrons. The number of carbonyl (C=O) groups is 2. The highest BCUT2D eigenvalue weighted by atomic mass is 16.5. The zero-order valence-electron chi connectivity index (χ0n) is 18.4. The second kappa shape index (κ2) is 7.81. The van der Waals surface area contributed by atoms with Crippen LogP contribution in [-0.4, -0.2) is 30.6 Å². The van der Waals surface area contributed by atoms with Gasteiger partial charge in [0.15, 0.2) is 0 Å². The van der Waals surface area contributed by atoms with Crippen LogP contribution >= 0.6 is 0 Å². The first-order chi connectivity index (χ1) is 13.1. The largest absolute Gasteiger partial charge is 0.428 e. The Labute approximate surface area is 169 Å². The van der Waals surface area contributed by atoms with Crippen LogP contribution in [0.1, 0.15) is 79.6 Å². The summed E-state index contributed by atoms with van der Waals surface area (Å²) in [7, 11) is 1.74. The molecule has 2 aliphatic carbocycles. The standard InChI is InChI=1S/C23H37NO4/c1-14-7-8-15(2)17(13-14)18-19(28-21(26)22(3,4)5)23(24-20(18)25)11-9-16(27-6)10-12-23/h14-17H,7-13H2,1-6H3,(H,24,25). The number of hydrogen-bond acceptors (Lipinski definition) is 4. The first kappa shape index (κ1) is 21.4. The molecule has 5 nitrogen and oxygen atoms in total. The van der Waals surface area contributed by atoms with Gasteiger partial charge in [0.1, 0.15) is 5.76 Å². The highest BCUT2D eigenvalue weighted by Crippen LogP contribution is 2.47. The Morgan fingerprint density at radius 2 is 1.75 bits per heavy atom. The van der Waals surface area contributed by atoms with Gasteiger partial charge >= 0.3 is 5.97 Å². The number of ether oxygens (including phenoxy) is 2. The van der Waals surface area contributed by atoms with Crippen LogP contribution in [0.5, 0.6) is 0 Å². The van der Waals surface area contributed by atoms with E-state index in [0.29, 0.717) is 17.6 Å². The molecule has 1 aliphatic heterocycles. The Hall–Kier alpha value is -1.36. The van der Waals surface area contributed by atoms with Crippen LogP contribution in [0.2, 0.25) is 0 Å². The quantitative estimate of drug-likeness (QED) is 0.726. The van der Waals surface area contributed by atoms with Crippen molar-refractivity contribution in [3.8, 4) is 0 Å². The van der Waals surface area contributed by atoms with Crippen molar-refractivity contribution in [2.45, 2.75) is 91.2 Å². The first-order valence-electron chi connectivity index (χ1n) is 10.9. The second-order valence-corrected chi connectivity index (χ2v) is 10.4. The number of hydrogen-bond donors (Lipinski definition) is 1. The van der Waals surface area contributed by atoms with Crippen LogP contribution in [0.3, 0.4) is 0 Å². The molecular formula is C23H37NO4. The molecule has 0 aromatic heterocycles. The van der Waals surface area contributed by atoms with Gasteiger partial charge in [0.2, 0.25) is 0 Å². The number of carbonyl (C=O) groups excluding carboxylic acids is 2. The summed E-state index contributed by atoms with van der Waals surface area (Å²) >= 11 is 0. The van der Waals surface area contributed by atoms with Gasteiger partial charge in [-0.3, -0.25) is 9.59 Å². The number of nitrogens with one attached hydrogen (secondary N) is 1. The molecule has 1 amide bonds. The van der Waals surface area contributed by atoms with Gasteiger partial charge in [-0.2, -0.15) is 0 Å². The predicted molar refractivity (Wildman–Crippen MR) is 108 cm³/mol. The molecule has 0 aromatic carbocycles. The minimum Gasteiger partial charge on any atom is -0.428 e. The number of methoxy groups -OCH3 is 1. The van der Waals surface area contributed by atoms with E-state index in [2.05, 4.69) is 19.2 Å². The summed E-state index contributed by atoms with van der Waals surface area (Å²) in [5, 5.41) is 3.26. The fraction of sp³-hybridized carbons (Fsp3) is 0.826. The number of amides is 1. The van der Waals surface area contributed by atoms with Crippen LogP contribution in [0.4, 0.5) is 0 Å². The minimum absolute atomic E-state index is 0.0291. The summed E-state index contributed by atoms with van der Waals surface area (Å²) in [4.78, 5) is 26.0. The molecule has 1 spiro atoms. The van der Waals surface area contributed by atoms with Gasteiger partial charge in [0.25, 0.3) is 5.91 Å². The molecule has 2 fully saturated rings. The van der Waals surface area contributed by atoms with Crippen molar-refractivity contribution in [3.63, 3.8) is 0 Å². The minimum atomic E-state index is -0.611. The van der Waals surface area contributed by atoms with Gasteiger partial charge in [-0.25, -0.2) is 0 Å². The highest BCUT2D eigenvalue weighted by Gasteiger charge is 2.52. The molecule has 5 heteroatoms. The molecule has 0 saturated heterocycles. The van der Waals surface area contributed by atoms with E-state index < -0.39 is 11.0 Å². The third kappa shape index (κ3) is 4.00. The molecule has 3 atom stereocenters. The fourth-order valence-electron chi connectivity index (χ4n) is 5.04. The van der Waals surface area contributed by atoms with Crippen molar-refractivity contribution in [1.82, 2.24) is 5.32 Å². The summed E-state index contributed by atoms with van der Waals surface area (Å²) in [6, 6.07) is 0. The summed E-state index contributed by atoms with van der Waals surface area (Å²) in [6.45, 7) is 10.1. The number of rotatable bonds is 3. The van der Waals surface area contributed by atoms with Gasteiger partial charge in [-0.15, -0.1) is 0 Å². The Morgan fingerprint density at radius 1 is 1.11 bits per heavy atom. The van der Waals surface area contributed by atoms with Crippen molar-refractivity contribution < 1.29 is 19.1 Å². The van der Waals surface area contributed by atoms with Crippen LogP contribution in [0.15, 0.2) is 11.3 Å². The van der Waals surface area contributed by atoms with Gasteiger partial charge < -0.3 is 14.8 Å². The average molecular weight is 392 g/mol. The number of esters is 1. The van der Waals surface area contributed by atoms with E-state index in [0.717, 1.165) is 44.1 Å². The molecule has 158 valence electrons. The zero-order valence-corrected chi connectivity index (χ0v) is 18.4. The molecule has 0 aromatic rings. The molecule has 1 heterocycles. The van der Waals surface area contributed by atoms with Crippen LogP contribution in [0, 0.1) is 23.2 Å². The van der Waals surface area contributed by atoms with Crippen molar-refractivity contribution in [3.05, 3.63) is 11.3 Å². The van der Waals surface area contributed by atoms with Crippen molar-refractivity contribution in [2.75, 3.05) is 7.11 Å². The summed E-state index contributed by atoms with van der Waals surface area (Å²) in [5.41, 5.74) is -0.421. The van der Waals surface area contributed by atoms with Crippen LogP contribution in [0.25, 0.3) is 0 Å². The van der Waals surface area contributed by atoms with E-state index >= 15 is 0 Å². The predicted octanol–water partition coefficient (Wildman–Crippen LogP) is 4.36. The lowest BCUT2D eigenvalue weighted by atomic mass is 9.71. The molecule has 3 rings (SSSR count). The topological polar surface area (TPSA) is 64.6 Å². The molecule has 28 heavy (non-hydrogen) atoms. The van der Waals surface area contributed by atoms with Crippen LogP contribution in [-0.2, 0) is 19.1 Å². The van der Waals surface area contributed by atoms with Gasteiger partial charge in [-0.1, -0.05) is 20.3 Å². The summed E-state index contributed by atoms with van der Waals surface area (Å²) in [5.74, 6) is 1.50. The third-order valence-corrected chi connectivity index (χ3v) is 7.03.